The van der Waals surface area contributed by atoms with Gasteiger partial charge in [-0.05, 0) is 12.1 Å². The lowest BCUT2D eigenvalue weighted by Gasteiger charge is -1.80. The minimum atomic E-state index is 0.500. The Morgan fingerprint density at radius 1 is 1.11 bits per heavy atom. The highest BCUT2D eigenvalue weighted by atomic mass is 79.9. The maximum absolute atomic E-state index is 9.50. The second kappa shape index (κ2) is 5.76. The van der Waals surface area contributed by atoms with Gasteiger partial charge in [-0.1, -0.05) is 34.1 Å². The van der Waals surface area contributed by atoms with E-state index in [4.69, 9.17) is 0 Å². The second-order valence-corrected chi connectivity index (χ2v) is 2.21. The highest BCUT2D eigenvalue weighted by Crippen LogP contribution is 2.05. The Labute approximate surface area is 62.8 Å². The summed E-state index contributed by atoms with van der Waals surface area (Å²) in [6.07, 6.45) is 0. The van der Waals surface area contributed by atoms with E-state index in [0.29, 0.717) is 7.18 Å². The van der Waals surface area contributed by atoms with Gasteiger partial charge in [0, 0.05) is 4.47 Å². The smallest absolute Gasteiger partial charge is 0.0785 e. The van der Waals surface area contributed by atoms with Crippen molar-refractivity contribution in [3.63, 3.8) is 0 Å². The van der Waals surface area contributed by atoms with Crippen LogP contribution in [0.3, 0.4) is 0 Å². The van der Waals surface area contributed by atoms with Crippen LogP contribution in [0.1, 0.15) is 0 Å². The molecule has 0 nitrogen and oxygen atoms in total. The molecule has 0 saturated heterocycles. The van der Waals surface area contributed by atoms with Crippen molar-refractivity contribution in [3.8, 4) is 0 Å². The van der Waals surface area contributed by atoms with Crippen LogP contribution in [0, 0.1) is 0 Å². The van der Waals surface area contributed by atoms with Gasteiger partial charge in [0.2, 0.25) is 0 Å². The number of rotatable bonds is 0. The Kier molecular flexibility index (Phi) is 5.52. The summed E-state index contributed by atoms with van der Waals surface area (Å²) < 4.78 is 10.6. The third kappa shape index (κ3) is 4.15. The van der Waals surface area contributed by atoms with Crippen molar-refractivity contribution < 1.29 is 4.39 Å². The summed E-state index contributed by atoms with van der Waals surface area (Å²) in [4.78, 5) is 0. The summed E-state index contributed by atoms with van der Waals surface area (Å²) in [5.74, 6) is 0. The molecule has 0 aliphatic rings. The first kappa shape index (κ1) is 8.63. The van der Waals surface area contributed by atoms with Gasteiger partial charge in [-0.25, -0.2) is 0 Å². The van der Waals surface area contributed by atoms with Crippen molar-refractivity contribution in [1.82, 2.24) is 0 Å². The Morgan fingerprint density at radius 3 is 1.78 bits per heavy atom. The number of benzene rings is 1. The summed E-state index contributed by atoms with van der Waals surface area (Å²) in [5, 5.41) is 0. The van der Waals surface area contributed by atoms with Gasteiger partial charge < -0.3 is 0 Å². The van der Waals surface area contributed by atoms with E-state index in [1.165, 1.54) is 0 Å². The summed E-state index contributed by atoms with van der Waals surface area (Å²) in [5.41, 5.74) is 0. The largest absolute Gasteiger partial charge is 0.255 e. The molecule has 0 heterocycles. The van der Waals surface area contributed by atoms with E-state index in [-0.39, 0.29) is 0 Å². The van der Waals surface area contributed by atoms with E-state index >= 15 is 0 Å². The van der Waals surface area contributed by atoms with Gasteiger partial charge in [-0.15, -0.1) is 0 Å². The summed E-state index contributed by atoms with van der Waals surface area (Å²) >= 11 is 3.31. The maximum Gasteiger partial charge on any atom is 0.0785 e. The predicted octanol–water partition coefficient (Wildman–Crippen LogP) is 3.03. The van der Waals surface area contributed by atoms with E-state index < -0.39 is 0 Å². The van der Waals surface area contributed by atoms with E-state index in [9.17, 15) is 4.39 Å². The normalized spacial score (nSPS) is 7.44. The molecule has 0 aromatic heterocycles. The lowest BCUT2D eigenvalue weighted by atomic mass is 10.4. The zero-order valence-corrected chi connectivity index (χ0v) is 6.73. The summed E-state index contributed by atoms with van der Waals surface area (Å²) in [7, 11) is 0.500. The molecule has 9 heavy (non-hydrogen) atoms. The minimum absolute atomic E-state index is 0.500. The molecule has 0 bridgehead atoms. The maximum atomic E-state index is 9.50. The number of hydrogen-bond acceptors (Lipinski definition) is 0. The van der Waals surface area contributed by atoms with E-state index in [1.807, 2.05) is 30.3 Å². The first-order chi connectivity index (χ1) is 4.39. The molecule has 50 valence electrons. The Hall–Kier alpha value is -0.370. The monoisotopic (exact) mass is 190 g/mol. The average Bonchev–Trinajstić information content (AvgIpc) is 1.94. The molecular weight excluding hydrogens is 183 g/mol. The molecule has 0 atom stereocenters. The molecule has 2 heteroatoms. The molecule has 0 amide bonds. The zero-order chi connectivity index (χ0) is 7.11. The molecule has 0 aliphatic carbocycles. The topological polar surface area (TPSA) is 0 Å². The lowest BCUT2D eigenvalue weighted by Crippen LogP contribution is -1.55. The predicted molar refractivity (Wildman–Crippen MR) is 41.2 cm³/mol. The van der Waals surface area contributed by atoms with Crippen LogP contribution in [-0.2, 0) is 0 Å². The SMILES string of the molecule is Brc1ccccc1.CF. The number of alkyl halides is 1. The molecule has 1 rings (SSSR count). The quantitative estimate of drug-likeness (QED) is 0.591. The molecule has 0 spiro atoms. The van der Waals surface area contributed by atoms with Crippen molar-refractivity contribution in [2.24, 2.45) is 0 Å². The van der Waals surface area contributed by atoms with Gasteiger partial charge in [0.25, 0.3) is 0 Å². The molecule has 0 radical (unpaired) electrons. The van der Waals surface area contributed by atoms with Crippen LogP contribution in [0.2, 0.25) is 0 Å². The van der Waals surface area contributed by atoms with E-state index in [1.54, 1.807) is 0 Å². The Balaban J connectivity index is 0.000000291. The standard InChI is InChI=1S/C6H5Br.CH3F/c7-6-4-2-1-3-5-6;1-2/h1-5H;1H3. The molecule has 1 aromatic rings. The second-order valence-electron chi connectivity index (χ2n) is 1.30. The zero-order valence-electron chi connectivity index (χ0n) is 5.14. The van der Waals surface area contributed by atoms with Crippen LogP contribution in [0.25, 0.3) is 0 Å². The fourth-order valence-electron chi connectivity index (χ4n) is 0.415. The number of halogens is 2. The van der Waals surface area contributed by atoms with Gasteiger partial charge in [0.15, 0.2) is 0 Å². The third-order valence-corrected chi connectivity index (χ3v) is 1.26. The summed E-state index contributed by atoms with van der Waals surface area (Å²) in [6, 6.07) is 9.97. The lowest BCUT2D eigenvalue weighted by molar-refractivity contribution is 0.636. The van der Waals surface area contributed by atoms with E-state index in [2.05, 4.69) is 15.9 Å². The van der Waals surface area contributed by atoms with Crippen molar-refractivity contribution in [2.45, 2.75) is 0 Å². The molecule has 1 aromatic carbocycles. The van der Waals surface area contributed by atoms with Crippen molar-refractivity contribution in [3.05, 3.63) is 34.8 Å². The van der Waals surface area contributed by atoms with Gasteiger partial charge in [-0.2, -0.15) is 0 Å². The molecule has 0 aliphatic heterocycles. The highest BCUT2D eigenvalue weighted by molar-refractivity contribution is 9.10. The first-order valence-corrected chi connectivity index (χ1v) is 3.27. The molecular formula is C7H8BrF. The Bertz CT molecular complexity index is 139. The average molecular weight is 191 g/mol. The van der Waals surface area contributed by atoms with Crippen LogP contribution in [0.15, 0.2) is 34.8 Å². The summed E-state index contributed by atoms with van der Waals surface area (Å²) in [6.45, 7) is 0. The number of hydrogen-bond donors (Lipinski definition) is 0. The van der Waals surface area contributed by atoms with Gasteiger partial charge in [-0.3, -0.25) is 4.39 Å². The minimum Gasteiger partial charge on any atom is -0.255 e. The Morgan fingerprint density at radius 2 is 1.56 bits per heavy atom. The molecule has 0 unspecified atom stereocenters. The fraction of sp³-hybridized carbons (Fsp3) is 0.143. The molecule has 0 saturated carbocycles. The van der Waals surface area contributed by atoms with Gasteiger partial charge in [0.05, 0.1) is 7.18 Å². The third-order valence-electron chi connectivity index (χ3n) is 0.733. The van der Waals surface area contributed by atoms with Gasteiger partial charge in [0.1, 0.15) is 0 Å². The highest BCUT2D eigenvalue weighted by Gasteiger charge is 1.74. The van der Waals surface area contributed by atoms with Crippen molar-refractivity contribution in [1.29, 1.82) is 0 Å². The van der Waals surface area contributed by atoms with Crippen LogP contribution >= 0.6 is 15.9 Å². The molecule has 0 N–H and O–H groups in total. The van der Waals surface area contributed by atoms with Crippen LogP contribution in [-0.4, -0.2) is 7.18 Å². The van der Waals surface area contributed by atoms with Crippen molar-refractivity contribution in [2.75, 3.05) is 7.18 Å². The molecule has 0 fully saturated rings. The van der Waals surface area contributed by atoms with Crippen molar-refractivity contribution >= 4 is 15.9 Å². The van der Waals surface area contributed by atoms with Crippen LogP contribution < -0.4 is 0 Å². The van der Waals surface area contributed by atoms with Crippen LogP contribution in [0.4, 0.5) is 4.39 Å². The van der Waals surface area contributed by atoms with Crippen LogP contribution in [0.5, 0.6) is 0 Å². The van der Waals surface area contributed by atoms with E-state index in [0.717, 1.165) is 4.47 Å². The fourth-order valence-corrected chi connectivity index (χ4v) is 0.720. The first-order valence-electron chi connectivity index (χ1n) is 2.48. The van der Waals surface area contributed by atoms with Gasteiger partial charge >= 0.3 is 0 Å².